The van der Waals surface area contributed by atoms with Crippen molar-refractivity contribution in [3.63, 3.8) is 0 Å². The van der Waals surface area contributed by atoms with Gasteiger partial charge in [-0.3, -0.25) is 0 Å². The maximum atomic E-state index is 9.22. The van der Waals surface area contributed by atoms with E-state index in [2.05, 4.69) is 0 Å². The Morgan fingerprint density at radius 1 is 1.31 bits per heavy atom. The van der Waals surface area contributed by atoms with E-state index in [1.54, 1.807) is 18.2 Å². The van der Waals surface area contributed by atoms with Gasteiger partial charge in [0.25, 0.3) is 0 Å². The molecule has 0 saturated carbocycles. The van der Waals surface area contributed by atoms with Gasteiger partial charge in [0.05, 0.1) is 0 Å². The number of phenolic OH excluding ortho intramolecular Hbond substituents is 1. The van der Waals surface area contributed by atoms with Gasteiger partial charge in [-0.25, -0.2) is 0 Å². The maximum absolute atomic E-state index is 9.22. The summed E-state index contributed by atoms with van der Waals surface area (Å²) in [4.78, 5) is 0. The van der Waals surface area contributed by atoms with Gasteiger partial charge in [0.15, 0.2) is 11.5 Å². The highest BCUT2D eigenvalue weighted by molar-refractivity contribution is 5.46. The Morgan fingerprint density at radius 2 is 2.08 bits per heavy atom. The van der Waals surface area contributed by atoms with Crippen LogP contribution in [0.3, 0.4) is 0 Å². The van der Waals surface area contributed by atoms with Crippen molar-refractivity contribution in [2.75, 3.05) is 6.61 Å². The molecule has 1 aromatic rings. The molecule has 0 bridgehead atoms. The average Bonchev–Trinajstić information content (AvgIpc) is 2.01. The molecule has 2 rings (SSSR count). The SMILES string of the molecule is CC1(C)COc2ccc(O)cc2O1. The van der Waals surface area contributed by atoms with Crippen molar-refractivity contribution in [3.8, 4) is 17.2 Å². The zero-order valence-corrected chi connectivity index (χ0v) is 7.70. The summed E-state index contributed by atoms with van der Waals surface area (Å²) in [6.45, 7) is 4.42. The summed E-state index contributed by atoms with van der Waals surface area (Å²) in [5.41, 5.74) is -0.319. The van der Waals surface area contributed by atoms with Crippen molar-refractivity contribution in [2.45, 2.75) is 19.4 Å². The summed E-state index contributed by atoms with van der Waals surface area (Å²) < 4.78 is 11.1. The van der Waals surface area contributed by atoms with Crippen molar-refractivity contribution < 1.29 is 14.6 Å². The van der Waals surface area contributed by atoms with Crippen molar-refractivity contribution in [2.24, 2.45) is 0 Å². The standard InChI is InChI=1S/C10H12O3/c1-10(2)6-12-8-4-3-7(11)5-9(8)13-10/h3-5,11H,6H2,1-2H3. The summed E-state index contributed by atoms with van der Waals surface area (Å²) in [5, 5.41) is 9.22. The molecule has 1 heterocycles. The summed E-state index contributed by atoms with van der Waals surface area (Å²) in [6.07, 6.45) is 0. The number of fused-ring (bicyclic) bond motifs is 1. The summed E-state index contributed by atoms with van der Waals surface area (Å²) in [7, 11) is 0. The zero-order chi connectivity index (χ0) is 9.47. The minimum absolute atomic E-state index is 0.194. The fourth-order valence-corrected chi connectivity index (χ4v) is 1.27. The molecular formula is C10H12O3. The Balaban J connectivity index is 2.38. The summed E-state index contributed by atoms with van der Waals surface area (Å²) >= 11 is 0. The molecule has 0 atom stereocenters. The molecule has 0 radical (unpaired) electrons. The van der Waals surface area contributed by atoms with Crippen molar-refractivity contribution in [1.82, 2.24) is 0 Å². The van der Waals surface area contributed by atoms with Crippen LogP contribution in [0, 0.1) is 0 Å². The first-order chi connectivity index (χ1) is 6.07. The smallest absolute Gasteiger partial charge is 0.165 e. The minimum atomic E-state index is -0.319. The first kappa shape index (κ1) is 8.23. The largest absolute Gasteiger partial charge is 0.508 e. The minimum Gasteiger partial charge on any atom is -0.508 e. The van der Waals surface area contributed by atoms with Crippen LogP contribution in [0.4, 0.5) is 0 Å². The number of rotatable bonds is 0. The molecule has 0 aromatic heterocycles. The van der Waals surface area contributed by atoms with Gasteiger partial charge in [-0.1, -0.05) is 0 Å². The molecule has 1 aliphatic heterocycles. The first-order valence-electron chi connectivity index (χ1n) is 4.22. The van der Waals surface area contributed by atoms with Gasteiger partial charge in [-0.2, -0.15) is 0 Å². The number of ether oxygens (including phenoxy) is 2. The highest BCUT2D eigenvalue weighted by atomic mass is 16.6. The van der Waals surface area contributed by atoms with Gasteiger partial charge in [0.2, 0.25) is 0 Å². The molecule has 1 N–H and O–H groups in total. The molecule has 3 heteroatoms. The Morgan fingerprint density at radius 3 is 2.85 bits per heavy atom. The Bertz CT molecular complexity index is 331. The number of aromatic hydroxyl groups is 1. The summed E-state index contributed by atoms with van der Waals surface area (Å²) in [5.74, 6) is 1.49. The first-order valence-corrected chi connectivity index (χ1v) is 4.22. The molecule has 0 saturated heterocycles. The predicted octanol–water partition coefficient (Wildman–Crippen LogP) is 1.94. The topological polar surface area (TPSA) is 38.7 Å². The number of hydrogen-bond acceptors (Lipinski definition) is 3. The van der Waals surface area contributed by atoms with Crippen molar-refractivity contribution in [1.29, 1.82) is 0 Å². The molecule has 0 aliphatic carbocycles. The third-order valence-corrected chi connectivity index (χ3v) is 1.89. The zero-order valence-electron chi connectivity index (χ0n) is 7.70. The second kappa shape index (κ2) is 2.55. The van der Waals surface area contributed by atoms with Crippen LogP contribution in [0.2, 0.25) is 0 Å². The Kier molecular flexibility index (Phi) is 1.62. The van der Waals surface area contributed by atoms with Gasteiger partial charge >= 0.3 is 0 Å². The van der Waals surface area contributed by atoms with E-state index >= 15 is 0 Å². The molecule has 0 spiro atoms. The van der Waals surface area contributed by atoms with E-state index < -0.39 is 0 Å². The van der Waals surface area contributed by atoms with E-state index in [-0.39, 0.29) is 11.4 Å². The van der Waals surface area contributed by atoms with Gasteiger partial charge in [0.1, 0.15) is 18.0 Å². The molecule has 0 fully saturated rings. The van der Waals surface area contributed by atoms with Crippen LogP contribution < -0.4 is 9.47 Å². The van der Waals surface area contributed by atoms with E-state index in [4.69, 9.17) is 9.47 Å². The van der Waals surface area contributed by atoms with E-state index in [1.165, 1.54) is 0 Å². The van der Waals surface area contributed by atoms with Gasteiger partial charge in [-0.15, -0.1) is 0 Å². The quantitative estimate of drug-likeness (QED) is 0.663. The lowest BCUT2D eigenvalue weighted by molar-refractivity contribution is 0.0211. The van der Waals surface area contributed by atoms with Crippen LogP contribution in [0.5, 0.6) is 17.2 Å². The van der Waals surface area contributed by atoms with Gasteiger partial charge in [0, 0.05) is 6.07 Å². The third kappa shape index (κ3) is 1.54. The lowest BCUT2D eigenvalue weighted by atomic mass is 10.1. The monoisotopic (exact) mass is 180 g/mol. The predicted molar refractivity (Wildman–Crippen MR) is 48.3 cm³/mol. The lowest BCUT2D eigenvalue weighted by Gasteiger charge is -2.32. The molecule has 1 aliphatic rings. The van der Waals surface area contributed by atoms with Crippen molar-refractivity contribution in [3.05, 3.63) is 18.2 Å². The third-order valence-electron chi connectivity index (χ3n) is 1.89. The maximum Gasteiger partial charge on any atom is 0.165 e. The van der Waals surface area contributed by atoms with E-state index in [1.807, 2.05) is 13.8 Å². The number of phenols is 1. The molecule has 1 aromatic carbocycles. The van der Waals surface area contributed by atoms with Crippen LogP contribution in [0.1, 0.15) is 13.8 Å². The van der Waals surface area contributed by atoms with Crippen LogP contribution in [0.15, 0.2) is 18.2 Å². The van der Waals surface area contributed by atoms with E-state index in [9.17, 15) is 5.11 Å². The summed E-state index contributed by atoms with van der Waals surface area (Å²) in [6, 6.07) is 4.86. The molecule has 13 heavy (non-hydrogen) atoms. The lowest BCUT2D eigenvalue weighted by Crippen LogP contribution is -2.38. The number of benzene rings is 1. The molecule has 0 unspecified atom stereocenters. The molecule has 3 nitrogen and oxygen atoms in total. The second-order valence-corrected chi connectivity index (χ2v) is 3.78. The molecule has 0 amide bonds. The molecule has 70 valence electrons. The van der Waals surface area contributed by atoms with Crippen LogP contribution in [-0.4, -0.2) is 17.3 Å². The molecular weight excluding hydrogens is 168 g/mol. The van der Waals surface area contributed by atoms with Crippen LogP contribution in [0.25, 0.3) is 0 Å². The normalized spacial score (nSPS) is 18.3. The second-order valence-electron chi connectivity index (χ2n) is 3.78. The average molecular weight is 180 g/mol. The fraction of sp³-hybridized carbons (Fsp3) is 0.400. The van der Waals surface area contributed by atoms with Crippen molar-refractivity contribution >= 4 is 0 Å². The number of hydrogen-bond donors (Lipinski definition) is 1. The van der Waals surface area contributed by atoms with E-state index in [0.29, 0.717) is 18.1 Å². The van der Waals surface area contributed by atoms with Gasteiger partial charge < -0.3 is 14.6 Å². The highest BCUT2D eigenvalue weighted by Crippen LogP contribution is 2.37. The fourth-order valence-electron chi connectivity index (χ4n) is 1.27. The van der Waals surface area contributed by atoms with E-state index in [0.717, 1.165) is 0 Å². The highest BCUT2D eigenvalue weighted by Gasteiger charge is 2.27. The van der Waals surface area contributed by atoms with Crippen LogP contribution >= 0.6 is 0 Å². The Hall–Kier alpha value is -1.38. The Labute approximate surface area is 76.9 Å². The van der Waals surface area contributed by atoms with Crippen LogP contribution in [-0.2, 0) is 0 Å². The van der Waals surface area contributed by atoms with Gasteiger partial charge in [-0.05, 0) is 26.0 Å².